The van der Waals surface area contributed by atoms with Gasteiger partial charge in [-0.1, -0.05) is 72.4 Å². The van der Waals surface area contributed by atoms with Crippen LogP contribution in [0, 0.1) is 5.92 Å². The highest BCUT2D eigenvalue weighted by atomic mass is 32.2. The largest absolute Gasteiger partial charge is 0.454 e. The molecule has 3 aromatic carbocycles. The number of hydrogen-bond acceptors (Lipinski definition) is 8. The van der Waals surface area contributed by atoms with E-state index in [1.54, 1.807) is 12.1 Å². The van der Waals surface area contributed by atoms with E-state index in [9.17, 15) is 14.4 Å². The molecule has 1 aliphatic heterocycles. The molecule has 1 heterocycles. The van der Waals surface area contributed by atoms with Gasteiger partial charge >= 0.3 is 11.9 Å². The summed E-state index contributed by atoms with van der Waals surface area (Å²) < 4.78 is 15.9. The lowest BCUT2D eigenvalue weighted by molar-refractivity contribution is -0.163. The molecule has 2 atom stereocenters. The molecule has 3 aromatic rings. The zero-order valence-corrected chi connectivity index (χ0v) is 21.4. The lowest BCUT2D eigenvalue weighted by atomic mass is 9.99. The number of benzene rings is 3. The van der Waals surface area contributed by atoms with Crippen LogP contribution >= 0.6 is 11.8 Å². The van der Waals surface area contributed by atoms with Crippen molar-refractivity contribution >= 4 is 28.8 Å². The van der Waals surface area contributed by atoms with Gasteiger partial charge < -0.3 is 19.9 Å². The van der Waals surface area contributed by atoms with Gasteiger partial charge in [-0.25, -0.2) is 4.79 Å². The summed E-state index contributed by atoms with van der Waals surface area (Å²) in [5.74, 6) is -0.787. The van der Waals surface area contributed by atoms with E-state index in [1.165, 1.54) is 12.5 Å². The zero-order chi connectivity index (χ0) is 26.2. The summed E-state index contributed by atoms with van der Waals surface area (Å²) in [4.78, 5) is 37.2. The summed E-state index contributed by atoms with van der Waals surface area (Å²) in [6.45, 7) is 1.58. The Balaban J connectivity index is 1.37. The van der Waals surface area contributed by atoms with Gasteiger partial charge in [0.1, 0.15) is 6.04 Å². The maximum atomic E-state index is 12.9. The maximum Gasteiger partial charge on any atom is 0.330 e. The highest BCUT2D eigenvalue weighted by Crippen LogP contribution is 2.33. The van der Waals surface area contributed by atoms with Gasteiger partial charge in [0.15, 0.2) is 16.6 Å². The van der Waals surface area contributed by atoms with Crippen molar-refractivity contribution in [3.05, 3.63) is 95.1 Å². The van der Waals surface area contributed by atoms with Crippen LogP contribution in [0.5, 0.6) is 11.5 Å². The van der Waals surface area contributed by atoms with Crippen molar-refractivity contribution in [1.29, 1.82) is 0 Å². The smallest absolute Gasteiger partial charge is 0.330 e. The van der Waals surface area contributed by atoms with Crippen LogP contribution in [0.15, 0.2) is 72.8 Å². The molecule has 0 fully saturated rings. The summed E-state index contributed by atoms with van der Waals surface area (Å²) in [7, 11) is 0. The van der Waals surface area contributed by atoms with Crippen LogP contribution in [-0.2, 0) is 38.4 Å². The van der Waals surface area contributed by atoms with Crippen molar-refractivity contribution in [2.45, 2.75) is 32.2 Å². The van der Waals surface area contributed by atoms with Crippen LogP contribution in [0.25, 0.3) is 0 Å². The summed E-state index contributed by atoms with van der Waals surface area (Å²) in [6.07, 6.45) is 1.28. The lowest BCUT2D eigenvalue weighted by Crippen LogP contribution is -2.37. The maximum absolute atomic E-state index is 12.9. The number of fused-ring (bicyclic) bond motifs is 1. The van der Waals surface area contributed by atoms with Gasteiger partial charge in [-0.05, 0) is 53.6 Å². The number of thioether (sulfide) groups is 1. The molecule has 0 radical (unpaired) electrons. The van der Waals surface area contributed by atoms with Crippen molar-refractivity contribution in [2.75, 3.05) is 12.5 Å². The number of esters is 2. The topological polar surface area (TPSA) is 105 Å². The fourth-order valence-electron chi connectivity index (χ4n) is 4.07. The second kappa shape index (κ2) is 12.6. The fraction of sp³-hybridized carbons (Fsp3) is 0.276. The molecule has 1 aliphatic rings. The Kier molecular flexibility index (Phi) is 8.98. The van der Waals surface area contributed by atoms with Crippen molar-refractivity contribution in [3.8, 4) is 11.5 Å². The monoisotopic (exact) mass is 519 g/mol. The minimum atomic E-state index is -0.998. The van der Waals surface area contributed by atoms with E-state index >= 15 is 0 Å². The van der Waals surface area contributed by atoms with Crippen LogP contribution in [0.2, 0.25) is 0 Å². The summed E-state index contributed by atoms with van der Waals surface area (Å²) >= 11 is 1.01. The molecule has 0 aliphatic carbocycles. The molecule has 2 N–H and O–H groups in total. The van der Waals surface area contributed by atoms with E-state index in [4.69, 9.17) is 19.9 Å². The molecule has 8 heteroatoms. The predicted molar refractivity (Wildman–Crippen MR) is 141 cm³/mol. The molecule has 0 saturated carbocycles. The molecule has 2 unspecified atom stereocenters. The van der Waals surface area contributed by atoms with Crippen molar-refractivity contribution in [1.82, 2.24) is 0 Å². The predicted octanol–water partition coefficient (Wildman–Crippen LogP) is 4.08. The minimum absolute atomic E-state index is 0.123. The fourth-order valence-corrected chi connectivity index (χ4v) is 4.76. The van der Waals surface area contributed by atoms with Gasteiger partial charge in [0.25, 0.3) is 0 Å². The Labute approximate surface area is 220 Å². The summed E-state index contributed by atoms with van der Waals surface area (Å²) in [5, 5.41) is -0.123. The SMILES string of the molecule is CC(=O)SCC(Cc1ccc2c(c1)OCO2)C(=O)OC(=O)C(N)Cc1cccc(Cc2ccccc2)c1. The molecule has 7 nitrogen and oxygen atoms in total. The van der Waals surface area contributed by atoms with Gasteiger partial charge in [-0.15, -0.1) is 0 Å². The van der Waals surface area contributed by atoms with Gasteiger partial charge in [-0.2, -0.15) is 0 Å². The summed E-state index contributed by atoms with van der Waals surface area (Å²) in [6, 6.07) is 22.3. The lowest BCUT2D eigenvalue weighted by Gasteiger charge is -2.17. The van der Waals surface area contributed by atoms with Crippen molar-refractivity contribution < 1.29 is 28.6 Å². The highest BCUT2D eigenvalue weighted by molar-refractivity contribution is 8.13. The third-order valence-corrected chi connectivity index (χ3v) is 6.92. The number of hydrogen-bond donors (Lipinski definition) is 1. The van der Waals surface area contributed by atoms with Crippen molar-refractivity contribution in [3.63, 3.8) is 0 Å². The Hall–Kier alpha value is -3.62. The standard InChI is InChI=1S/C29H29NO6S/c1-19(31)37-17-24(14-23-10-11-26-27(16-23)35-18-34-26)28(32)36-29(33)25(30)15-22-9-5-8-21(13-22)12-20-6-3-2-4-7-20/h2-11,13,16,24-25H,12,14-15,17-18,30H2,1H3. The molecule has 0 spiro atoms. The normalized spacial score (nSPS) is 13.6. The third kappa shape index (κ3) is 7.68. The zero-order valence-electron chi connectivity index (χ0n) is 20.6. The average Bonchev–Trinajstić information content (AvgIpc) is 3.35. The molecule has 0 aromatic heterocycles. The second-order valence-corrected chi connectivity index (χ2v) is 10.1. The Morgan fingerprint density at radius 3 is 2.32 bits per heavy atom. The first kappa shape index (κ1) is 26.4. The van der Waals surface area contributed by atoms with Crippen LogP contribution in [0.1, 0.15) is 29.2 Å². The molecular weight excluding hydrogens is 490 g/mol. The van der Waals surface area contributed by atoms with E-state index in [0.29, 0.717) is 11.5 Å². The number of ether oxygens (including phenoxy) is 3. The van der Waals surface area contributed by atoms with Crippen LogP contribution in [0.4, 0.5) is 0 Å². The van der Waals surface area contributed by atoms with Crippen LogP contribution in [0.3, 0.4) is 0 Å². The number of nitrogens with two attached hydrogens (primary N) is 1. The van der Waals surface area contributed by atoms with E-state index in [1.807, 2.05) is 48.5 Å². The Morgan fingerprint density at radius 1 is 0.838 bits per heavy atom. The molecule has 192 valence electrons. The van der Waals surface area contributed by atoms with E-state index in [2.05, 4.69) is 12.1 Å². The average molecular weight is 520 g/mol. The molecule has 0 saturated heterocycles. The highest BCUT2D eigenvalue weighted by Gasteiger charge is 2.27. The van der Waals surface area contributed by atoms with E-state index in [0.717, 1.165) is 34.9 Å². The number of rotatable bonds is 10. The molecule has 4 rings (SSSR count). The molecule has 37 heavy (non-hydrogen) atoms. The Bertz CT molecular complexity index is 1260. The van der Waals surface area contributed by atoms with Gasteiger partial charge in [0.2, 0.25) is 6.79 Å². The first-order chi connectivity index (χ1) is 17.9. The first-order valence-corrected chi connectivity index (χ1v) is 13.0. The Morgan fingerprint density at radius 2 is 1.54 bits per heavy atom. The number of carbonyl (C=O) groups excluding carboxylic acids is 3. The van der Waals surface area contributed by atoms with Crippen molar-refractivity contribution in [2.24, 2.45) is 11.7 Å². The van der Waals surface area contributed by atoms with Gasteiger partial charge in [-0.3, -0.25) is 9.59 Å². The van der Waals surface area contributed by atoms with E-state index in [-0.39, 0.29) is 30.5 Å². The van der Waals surface area contributed by atoms with Gasteiger partial charge in [0.05, 0.1) is 5.92 Å². The summed E-state index contributed by atoms with van der Waals surface area (Å²) in [5.41, 5.74) is 10.1. The van der Waals surface area contributed by atoms with Gasteiger partial charge in [0, 0.05) is 12.7 Å². The first-order valence-electron chi connectivity index (χ1n) is 12.0. The third-order valence-electron chi connectivity index (χ3n) is 5.94. The van der Waals surface area contributed by atoms with E-state index < -0.39 is 23.9 Å². The second-order valence-electron chi connectivity index (χ2n) is 8.92. The molecular formula is C29H29NO6S. The molecule has 0 amide bonds. The van der Waals surface area contributed by atoms with Crippen LogP contribution < -0.4 is 15.2 Å². The molecule has 0 bridgehead atoms. The quantitative estimate of drug-likeness (QED) is 0.316. The number of carbonyl (C=O) groups is 3. The minimum Gasteiger partial charge on any atom is -0.454 e. The van der Waals surface area contributed by atoms with Crippen LogP contribution in [-0.4, -0.2) is 35.6 Å².